The van der Waals surface area contributed by atoms with Gasteiger partial charge < -0.3 is 105 Å². The van der Waals surface area contributed by atoms with E-state index in [4.69, 9.17) is 33.2 Å². The van der Waals surface area contributed by atoms with Crippen molar-refractivity contribution in [1.29, 1.82) is 0 Å². The maximum absolute atomic E-state index is 11.8. The second-order valence-electron chi connectivity index (χ2n) is 11.9. The van der Waals surface area contributed by atoms with E-state index >= 15 is 0 Å². The maximum atomic E-state index is 11.8. The highest BCUT2D eigenvalue weighted by Gasteiger charge is 2.54. The van der Waals surface area contributed by atoms with Crippen LogP contribution in [0.15, 0.2) is 0 Å². The summed E-state index contributed by atoms with van der Waals surface area (Å²) in [5, 5.41) is 136. The van der Waals surface area contributed by atoms with Gasteiger partial charge in [0, 0.05) is 6.92 Å². The molecule has 4 aliphatic heterocycles. The molecule has 1 amide bonds. The summed E-state index contributed by atoms with van der Waals surface area (Å²) in [5.41, 5.74) is 0. The molecular weight excluding hydrogens is 662 g/mol. The minimum Gasteiger partial charge on any atom is -0.394 e. The van der Waals surface area contributed by atoms with Crippen LogP contribution in [0, 0.1) is 0 Å². The molecule has 0 aromatic heterocycles. The molecule has 4 saturated heterocycles. The number of hydrogen-bond donors (Lipinski definition) is 14. The summed E-state index contributed by atoms with van der Waals surface area (Å²) in [6.07, 6.45) is -33.3. The van der Waals surface area contributed by atoms with Crippen molar-refractivity contribution in [2.75, 3.05) is 26.4 Å². The van der Waals surface area contributed by atoms with Crippen LogP contribution >= 0.6 is 0 Å². The van der Waals surface area contributed by atoms with Gasteiger partial charge in [0.2, 0.25) is 5.91 Å². The monoisotopic (exact) mass is 707 g/mol. The van der Waals surface area contributed by atoms with Gasteiger partial charge in [-0.1, -0.05) is 0 Å². The molecule has 0 aromatic carbocycles. The van der Waals surface area contributed by atoms with Crippen molar-refractivity contribution in [3.05, 3.63) is 0 Å². The van der Waals surface area contributed by atoms with Gasteiger partial charge in [-0.15, -0.1) is 0 Å². The van der Waals surface area contributed by atoms with Gasteiger partial charge in [-0.25, -0.2) is 0 Å². The molecule has 0 radical (unpaired) electrons. The first-order chi connectivity index (χ1) is 22.6. The molecule has 4 rings (SSSR count). The molecule has 0 aromatic rings. The molecule has 48 heavy (non-hydrogen) atoms. The smallest absolute Gasteiger partial charge is 0.217 e. The second-order valence-corrected chi connectivity index (χ2v) is 11.9. The van der Waals surface area contributed by atoms with Crippen molar-refractivity contribution >= 4 is 5.91 Å². The fraction of sp³-hybridized carbons (Fsp3) is 0.962. The van der Waals surface area contributed by atoms with Gasteiger partial charge in [-0.05, 0) is 0 Å². The van der Waals surface area contributed by atoms with Gasteiger partial charge >= 0.3 is 0 Å². The van der Waals surface area contributed by atoms with E-state index in [0.29, 0.717) is 0 Å². The van der Waals surface area contributed by atoms with Crippen molar-refractivity contribution in [3.63, 3.8) is 0 Å². The molecule has 0 bridgehead atoms. The molecule has 280 valence electrons. The maximum Gasteiger partial charge on any atom is 0.217 e. The fourth-order valence-corrected chi connectivity index (χ4v) is 5.82. The van der Waals surface area contributed by atoms with E-state index < -0.39 is 155 Å². The summed E-state index contributed by atoms with van der Waals surface area (Å²) in [6, 6.07) is -1.48. The Morgan fingerprint density at radius 3 is 1.60 bits per heavy atom. The van der Waals surface area contributed by atoms with E-state index in [1.54, 1.807) is 0 Å². The van der Waals surface area contributed by atoms with Gasteiger partial charge in [0.25, 0.3) is 0 Å². The zero-order valence-corrected chi connectivity index (χ0v) is 25.5. The Hall–Kier alpha value is -1.33. The minimum absolute atomic E-state index is 0.691. The van der Waals surface area contributed by atoms with E-state index in [1.807, 2.05) is 0 Å². The standard InChI is InChI=1S/C26H45NO21/c1-6(31)27-11-16(36)12(32)7(2-28)44-24(11)48-22-18(38)14(34)9(4-30)46-26(22)42-5-10-15(35)21(20(40)23(41)43-10)47-25-19(39)17(37)13(33)8(3-29)45-25/h7-26,28-30,32-41H,2-5H2,1H3,(H,27,31)/t7-,8-,9-,10-,11-,12-,13-,14-,15-,16-,17+,18+,19+,20+,21+,22+,23-,24+,25-,26+/m1/s1. The van der Waals surface area contributed by atoms with Gasteiger partial charge in [0.05, 0.1) is 26.4 Å². The summed E-state index contributed by atoms with van der Waals surface area (Å²) in [7, 11) is 0. The first-order valence-electron chi connectivity index (χ1n) is 15.1. The highest BCUT2D eigenvalue weighted by atomic mass is 16.8. The number of aliphatic hydroxyl groups excluding tert-OH is 13. The van der Waals surface area contributed by atoms with Crippen molar-refractivity contribution in [1.82, 2.24) is 5.32 Å². The summed E-state index contributed by atoms with van der Waals surface area (Å²) in [6.45, 7) is -2.11. The van der Waals surface area contributed by atoms with Crippen LogP contribution in [0.5, 0.6) is 0 Å². The molecule has 14 N–H and O–H groups in total. The first kappa shape index (κ1) is 39.5. The number of amides is 1. The fourth-order valence-electron chi connectivity index (χ4n) is 5.82. The van der Waals surface area contributed by atoms with Crippen LogP contribution in [0.3, 0.4) is 0 Å². The largest absolute Gasteiger partial charge is 0.394 e. The van der Waals surface area contributed by atoms with Crippen LogP contribution in [0.1, 0.15) is 6.92 Å². The lowest BCUT2D eigenvalue weighted by Gasteiger charge is -2.47. The molecule has 22 nitrogen and oxygen atoms in total. The lowest BCUT2D eigenvalue weighted by atomic mass is 9.95. The van der Waals surface area contributed by atoms with Crippen LogP contribution in [-0.2, 0) is 38.0 Å². The average molecular weight is 708 g/mol. The van der Waals surface area contributed by atoms with Gasteiger partial charge in [-0.2, -0.15) is 0 Å². The second kappa shape index (κ2) is 16.8. The Balaban J connectivity index is 1.51. The number of ether oxygens (including phenoxy) is 7. The zero-order valence-electron chi connectivity index (χ0n) is 25.5. The summed E-state index contributed by atoms with van der Waals surface area (Å²) >= 11 is 0. The minimum atomic E-state index is -2.05. The van der Waals surface area contributed by atoms with E-state index in [1.165, 1.54) is 0 Å². The third-order valence-corrected chi connectivity index (χ3v) is 8.59. The lowest BCUT2D eigenvalue weighted by molar-refractivity contribution is -0.371. The van der Waals surface area contributed by atoms with E-state index in [9.17, 15) is 71.2 Å². The third-order valence-electron chi connectivity index (χ3n) is 8.59. The van der Waals surface area contributed by atoms with E-state index in [2.05, 4.69) is 5.32 Å². The van der Waals surface area contributed by atoms with Crippen molar-refractivity contribution in [2.24, 2.45) is 0 Å². The summed E-state index contributed by atoms with van der Waals surface area (Å²) < 4.78 is 38.4. The normalized spacial score (nSPS) is 50.2. The lowest BCUT2D eigenvalue weighted by Crippen LogP contribution is -2.68. The van der Waals surface area contributed by atoms with Crippen molar-refractivity contribution in [2.45, 2.75) is 130 Å². The first-order valence-corrected chi connectivity index (χ1v) is 15.1. The van der Waals surface area contributed by atoms with Crippen LogP contribution in [0.2, 0.25) is 0 Å². The summed E-state index contributed by atoms with van der Waals surface area (Å²) in [5.74, 6) is -0.691. The molecule has 22 heteroatoms. The van der Waals surface area contributed by atoms with Crippen molar-refractivity contribution in [3.8, 4) is 0 Å². The third kappa shape index (κ3) is 8.24. The Bertz CT molecular complexity index is 1030. The number of hydrogen-bond acceptors (Lipinski definition) is 21. The Morgan fingerprint density at radius 1 is 0.542 bits per heavy atom. The zero-order chi connectivity index (χ0) is 35.6. The van der Waals surface area contributed by atoms with Crippen molar-refractivity contribution < 1.29 is 104 Å². The highest BCUT2D eigenvalue weighted by molar-refractivity contribution is 5.73. The molecular formula is C26H45NO21. The van der Waals surface area contributed by atoms with E-state index in [-0.39, 0.29) is 0 Å². The Kier molecular flexibility index (Phi) is 13.8. The molecule has 20 atom stereocenters. The van der Waals surface area contributed by atoms with Gasteiger partial charge in [0.15, 0.2) is 25.2 Å². The molecule has 4 heterocycles. The van der Waals surface area contributed by atoms with Gasteiger partial charge in [0.1, 0.15) is 97.6 Å². The van der Waals surface area contributed by atoms with Crippen LogP contribution in [0.25, 0.3) is 0 Å². The highest BCUT2D eigenvalue weighted by Crippen LogP contribution is 2.32. The predicted molar refractivity (Wildman–Crippen MR) is 145 cm³/mol. The molecule has 4 fully saturated rings. The number of carbonyl (C=O) groups is 1. The van der Waals surface area contributed by atoms with E-state index in [0.717, 1.165) is 6.92 Å². The topological polar surface area (TPSA) is 357 Å². The molecule has 0 saturated carbocycles. The quantitative estimate of drug-likeness (QED) is 0.0947. The average Bonchev–Trinajstić information content (AvgIpc) is 3.06. The van der Waals surface area contributed by atoms with Crippen LogP contribution in [-0.4, -0.2) is 221 Å². The van der Waals surface area contributed by atoms with Crippen LogP contribution in [0.4, 0.5) is 0 Å². The number of carbonyl (C=O) groups excluding carboxylic acids is 1. The molecule has 0 unspecified atom stereocenters. The molecule has 0 aliphatic carbocycles. The molecule has 4 aliphatic rings. The predicted octanol–water partition coefficient (Wildman–Crippen LogP) is -9.61. The number of aliphatic hydroxyl groups is 13. The number of rotatable bonds is 11. The molecule has 0 spiro atoms. The van der Waals surface area contributed by atoms with Gasteiger partial charge in [-0.3, -0.25) is 4.79 Å². The Labute approximate surface area is 272 Å². The SMILES string of the molecule is CC(=O)N[C@H]1[C@H](O[C@@H]2[C@@H](OC[C@H]3O[C@@H](O)[C@@H](O)[C@@H](O[C@H]4O[C@H](CO)[C@@H](O)[C@H](O)[C@@H]4O)[C@@H]3O)O[C@H](CO)[C@@H](O)[C@@H]2O)O[C@H](CO)[C@@H](O)[C@@H]1O. The summed E-state index contributed by atoms with van der Waals surface area (Å²) in [4.78, 5) is 11.8. The van der Waals surface area contributed by atoms with Crippen LogP contribution < -0.4 is 5.32 Å². The Morgan fingerprint density at radius 2 is 1.04 bits per heavy atom. The number of nitrogens with one attached hydrogen (secondary N) is 1.